The van der Waals surface area contributed by atoms with Crippen molar-refractivity contribution in [2.45, 2.75) is 63.3 Å². The number of hydrogen-bond donors (Lipinski definition) is 2. The van der Waals surface area contributed by atoms with E-state index >= 15 is 0 Å². The molecule has 13 heteroatoms. The largest absolute Gasteiger partial charge is 0.353 e. The lowest BCUT2D eigenvalue weighted by Gasteiger charge is -2.41. The van der Waals surface area contributed by atoms with Gasteiger partial charge in [0.05, 0.1) is 16.8 Å². The number of likely N-dealkylation sites (tertiary alicyclic amines) is 1. The number of halogens is 1. The zero-order valence-electron chi connectivity index (χ0n) is 23.9. The molecule has 5 rings (SSSR count). The van der Waals surface area contributed by atoms with E-state index < -0.39 is 0 Å². The van der Waals surface area contributed by atoms with E-state index in [1.807, 2.05) is 66.3 Å². The van der Waals surface area contributed by atoms with Crippen molar-refractivity contribution in [3.05, 3.63) is 46.0 Å². The van der Waals surface area contributed by atoms with Crippen LogP contribution in [0.25, 0.3) is 11.0 Å². The second kappa shape index (κ2) is 11.9. The number of imidazole rings is 1. The van der Waals surface area contributed by atoms with Crippen molar-refractivity contribution >= 4 is 52.2 Å². The Balaban J connectivity index is 1.15. The summed E-state index contributed by atoms with van der Waals surface area (Å²) in [5.41, 5.74) is 1.32. The van der Waals surface area contributed by atoms with E-state index in [1.54, 1.807) is 6.07 Å². The monoisotopic (exact) mass is 600 g/mol. The molecular weight excluding hydrogens is 564 g/mol. The average molecular weight is 601 g/mol. The Morgan fingerprint density at radius 2 is 1.85 bits per heavy atom. The standard InChI is InChI=1S/C28H37ClN8O3S/c1-18-16-35(13-14-36(18)27(40)33-28(2,3)4)23-15-22(29)31-25(32-23)41-17-24(38)34-11-9-19(10-12-34)37-21-8-6-5-7-20(21)30-26(37)39/h5-8,15,18-19H,9-14,16-17H2,1-4H3,(H,30,39)(H,33,40). The number of rotatable bonds is 5. The Kier molecular flexibility index (Phi) is 8.51. The Labute approximate surface area is 248 Å². The maximum absolute atomic E-state index is 13.0. The molecule has 1 aromatic carbocycles. The van der Waals surface area contributed by atoms with E-state index in [9.17, 15) is 14.4 Å². The van der Waals surface area contributed by atoms with Crippen LogP contribution in [0.4, 0.5) is 10.6 Å². The zero-order chi connectivity index (χ0) is 29.3. The van der Waals surface area contributed by atoms with Crippen LogP contribution in [0.1, 0.15) is 46.6 Å². The number of urea groups is 1. The second-order valence-corrected chi connectivity index (χ2v) is 13.0. The molecule has 0 radical (unpaired) electrons. The number of thioether (sulfide) groups is 1. The molecular formula is C28H37ClN8O3S. The van der Waals surface area contributed by atoms with Gasteiger partial charge in [-0.1, -0.05) is 35.5 Å². The summed E-state index contributed by atoms with van der Waals surface area (Å²) >= 11 is 7.62. The zero-order valence-corrected chi connectivity index (χ0v) is 25.5. The highest BCUT2D eigenvalue weighted by Gasteiger charge is 2.31. The van der Waals surface area contributed by atoms with Crippen molar-refractivity contribution in [1.82, 2.24) is 34.6 Å². The number of piperidine rings is 1. The van der Waals surface area contributed by atoms with Crippen molar-refractivity contribution < 1.29 is 9.59 Å². The Morgan fingerprint density at radius 3 is 2.56 bits per heavy atom. The molecule has 2 saturated heterocycles. The van der Waals surface area contributed by atoms with Gasteiger partial charge < -0.3 is 25.0 Å². The molecule has 3 aromatic rings. The number of piperazine rings is 1. The molecule has 2 fully saturated rings. The molecule has 0 saturated carbocycles. The summed E-state index contributed by atoms with van der Waals surface area (Å²) in [5.74, 6) is 0.902. The SMILES string of the molecule is CC1CN(c2cc(Cl)nc(SCC(=O)N3CCC(n4c(=O)[nH]c5ccccc54)CC3)n2)CCN1C(=O)NC(C)(C)C. The van der Waals surface area contributed by atoms with Gasteiger partial charge in [0.2, 0.25) is 5.91 Å². The summed E-state index contributed by atoms with van der Waals surface area (Å²) in [6.45, 7) is 10.9. The van der Waals surface area contributed by atoms with Crippen LogP contribution in [-0.4, -0.2) is 91.3 Å². The van der Waals surface area contributed by atoms with Crippen LogP contribution in [0, 0.1) is 0 Å². The van der Waals surface area contributed by atoms with Gasteiger partial charge in [-0.2, -0.15) is 0 Å². The fraction of sp³-hybridized carbons (Fsp3) is 0.536. The van der Waals surface area contributed by atoms with Gasteiger partial charge in [-0.3, -0.25) is 9.36 Å². The van der Waals surface area contributed by atoms with Crippen molar-refractivity contribution in [2.24, 2.45) is 0 Å². The number of anilines is 1. The molecule has 220 valence electrons. The number of amides is 3. The van der Waals surface area contributed by atoms with E-state index in [-0.39, 0.29) is 41.0 Å². The first-order valence-corrected chi connectivity index (χ1v) is 15.3. The number of aromatic amines is 1. The highest BCUT2D eigenvalue weighted by atomic mass is 35.5. The topological polar surface area (TPSA) is 119 Å². The number of carbonyl (C=O) groups is 2. The predicted molar refractivity (Wildman–Crippen MR) is 162 cm³/mol. The summed E-state index contributed by atoms with van der Waals surface area (Å²) in [5, 5.41) is 3.79. The smallest absolute Gasteiger partial charge is 0.326 e. The number of para-hydroxylation sites is 2. The van der Waals surface area contributed by atoms with E-state index in [1.165, 1.54) is 11.8 Å². The molecule has 4 heterocycles. The third-order valence-corrected chi connectivity index (χ3v) is 8.51. The summed E-state index contributed by atoms with van der Waals surface area (Å²) < 4.78 is 1.82. The number of H-pyrrole nitrogens is 1. The minimum absolute atomic E-state index is 0.0111. The van der Waals surface area contributed by atoms with Gasteiger partial charge in [-0.05, 0) is 52.7 Å². The van der Waals surface area contributed by atoms with Gasteiger partial charge in [0.25, 0.3) is 0 Å². The van der Waals surface area contributed by atoms with Crippen LogP contribution < -0.4 is 15.9 Å². The highest BCUT2D eigenvalue weighted by Crippen LogP contribution is 2.27. The van der Waals surface area contributed by atoms with Crippen molar-refractivity contribution in [2.75, 3.05) is 43.4 Å². The summed E-state index contributed by atoms with van der Waals surface area (Å²) in [4.78, 5) is 56.0. The van der Waals surface area contributed by atoms with Gasteiger partial charge in [-0.25, -0.2) is 19.6 Å². The van der Waals surface area contributed by atoms with E-state index in [0.29, 0.717) is 61.7 Å². The predicted octanol–water partition coefficient (Wildman–Crippen LogP) is 3.75. The summed E-state index contributed by atoms with van der Waals surface area (Å²) in [7, 11) is 0. The number of nitrogens with zero attached hydrogens (tertiary/aromatic N) is 6. The molecule has 1 atom stereocenters. The number of aromatic nitrogens is 4. The van der Waals surface area contributed by atoms with Crippen molar-refractivity contribution in [3.8, 4) is 0 Å². The third kappa shape index (κ3) is 6.81. The Morgan fingerprint density at radius 1 is 1.12 bits per heavy atom. The van der Waals surface area contributed by atoms with E-state index in [0.717, 1.165) is 11.0 Å². The minimum atomic E-state index is -0.301. The maximum atomic E-state index is 13.0. The lowest BCUT2D eigenvalue weighted by Crippen LogP contribution is -2.59. The summed E-state index contributed by atoms with van der Waals surface area (Å²) in [6.07, 6.45) is 1.43. The molecule has 1 unspecified atom stereocenters. The quantitative estimate of drug-likeness (QED) is 0.260. The number of carbonyl (C=O) groups excluding carboxylic acids is 2. The molecule has 2 aromatic heterocycles. The molecule has 2 N–H and O–H groups in total. The highest BCUT2D eigenvalue weighted by molar-refractivity contribution is 7.99. The van der Waals surface area contributed by atoms with Gasteiger partial charge in [-0.15, -0.1) is 0 Å². The van der Waals surface area contributed by atoms with Crippen LogP contribution in [0.5, 0.6) is 0 Å². The van der Waals surface area contributed by atoms with Crippen LogP contribution in [-0.2, 0) is 4.79 Å². The molecule has 0 aliphatic carbocycles. The van der Waals surface area contributed by atoms with Gasteiger partial charge in [0.15, 0.2) is 5.16 Å². The van der Waals surface area contributed by atoms with Gasteiger partial charge >= 0.3 is 11.7 Å². The van der Waals surface area contributed by atoms with E-state index in [4.69, 9.17) is 11.6 Å². The Bertz CT molecular complexity index is 1480. The lowest BCUT2D eigenvalue weighted by molar-refractivity contribution is -0.129. The number of fused-ring (bicyclic) bond motifs is 1. The van der Waals surface area contributed by atoms with Gasteiger partial charge in [0.1, 0.15) is 11.0 Å². The number of nitrogens with one attached hydrogen (secondary N) is 2. The molecule has 3 amide bonds. The lowest BCUT2D eigenvalue weighted by atomic mass is 10.0. The third-order valence-electron chi connectivity index (χ3n) is 7.49. The molecule has 0 bridgehead atoms. The number of hydrogen-bond acceptors (Lipinski definition) is 7. The number of benzene rings is 1. The fourth-order valence-corrected chi connectivity index (χ4v) is 6.48. The minimum Gasteiger partial charge on any atom is -0.353 e. The average Bonchev–Trinajstić information content (AvgIpc) is 3.26. The molecule has 2 aliphatic rings. The van der Waals surface area contributed by atoms with Crippen LogP contribution in [0.3, 0.4) is 0 Å². The maximum Gasteiger partial charge on any atom is 0.326 e. The first-order chi connectivity index (χ1) is 19.5. The molecule has 11 nitrogen and oxygen atoms in total. The summed E-state index contributed by atoms with van der Waals surface area (Å²) in [6, 6.07) is 9.38. The van der Waals surface area contributed by atoms with Crippen LogP contribution in [0.15, 0.2) is 40.3 Å². The first-order valence-electron chi connectivity index (χ1n) is 14.0. The van der Waals surface area contributed by atoms with E-state index in [2.05, 4.69) is 25.2 Å². The molecule has 0 spiro atoms. The van der Waals surface area contributed by atoms with Crippen molar-refractivity contribution in [3.63, 3.8) is 0 Å². The second-order valence-electron chi connectivity index (χ2n) is 11.7. The Hall–Kier alpha value is -3.25. The van der Waals surface area contributed by atoms with Crippen molar-refractivity contribution in [1.29, 1.82) is 0 Å². The van der Waals surface area contributed by atoms with Crippen LogP contribution >= 0.6 is 23.4 Å². The molecule has 2 aliphatic heterocycles. The first kappa shape index (κ1) is 29.2. The van der Waals surface area contributed by atoms with Crippen LogP contribution in [0.2, 0.25) is 5.15 Å². The molecule has 41 heavy (non-hydrogen) atoms. The van der Waals surface area contributed by atoms with Gasteiger partial charge in [0, 0.05) is 56.4 Å². The fourth-order valence-electron chi connectivity index (χ4n) is 5.50. The normalized spacial score (nSPS) is 18.7.